The van der Waals surface area contributed by atoms with Gasteiger partial charge in [-0.15, -0.1) is 0 Å². The van der Waals surface area contributed by atoms with Gasteiger partial charge in [0.05, 0.1) is 0 Å². The van der Waals surface area contributed by atoms with Crippen LogP contribution in [0.15, 0.2) is 0 Å². The van der Waals surface area contributed by atoms with E-state index in [9.17, 15) is 0 Å². The van der Waals surface area contributed by atoms with E-state index in [0.717, 1.165) is 0 Å². The van der Waals surface area contributed by atoms with Crippen molar-refractivity contribution in [1.29, 1.82) is 0 Å². The molecule has 5 heteroatoms. The van der Waals surface area contributed by atoms with Gasteiger partial charge in [0, 0.05) is 52.4 Å². The van der Waals surface area contributed by atoms with Crippen LogP contribution in [0.4, 0.5) is 0 Å². The molecule has 0 unspecified atom stereocenters. The molecule has 1 aliphatic rings. The summed E-state index contributed by atoms with van der Waals surface area (Å²) in [6.45, 7) is 30.9. The maximum Gasteiger partial charge on any atom is 0.0110 e. The van der Waals surface area contributed by atoms with Crippen LogP contribution in [0.3, 0.4) is 0 Å². The van der Waals surface area contributed by atoms with Gasteiger partial charge in [-0.25, -0.2) is 0 Å². The molecule has 0 amide bonds. The first kappa shape index (κ1) is 62.8. The van der Waals surface area contributed by atoms with Gasteiger partial charge in [0.15, 0.2) is 0 Å². The maximum absolute atomic E-state index is 2.88. The third-order valence-electron chi connectivity index (χ3n) is 15.4. The summed E-state index contributed by atoms with van der Waals surface area (Å²) < 4.78 is 0. The molecular formula is C60H125N5. The molecule has 0 radical (unpaired) electrons. The molecule has 1 saturated heterocycles. The van der Waals surface area contributed by atoms with Gasteiger partial charge in [0.1, 0.15) is 0 Å². The minimum atomic E-state index is 1.19. The lowest BCUT2D eigenvalue weighted by Crippen LogP contribution is -2.41. The fraction of sp³-hybridized carbons (Fsp3) is 1.00. The summed E-state index contributed by atoms with van der Waals surface area (Å²) in [5, 5.41) is 0. The SMILES string of the molecule is CCCCCCCCCCCCN(CCCCCCCCCCC)CCN(CC)CCN1CCCN(CCN(CCCCCCCCCCCC)CCCCCCCCCCCC)CC1. The van der Waals surface area contributed by atoms with Crippen LogP contribution in [-0.4, -0.2) is 123 Å². The number of rotatable bonds is 53. The summed E-state index contributed by atoms with van der Waals surface area (Å²) >= 11 is 0. The molecule has 390 valence electrons. The quantitative estimate of drug-likeness (QED) is 0.0564. The van der Waals surface area contributed by atoms with Crippen LogP contribution in [-0.2, 0) is 0 Å². The van der Waals surface area contributed by atoms with Crippen molar-refractivity contribution < 1.29 is 0 Å². The second kappa shape index (κ2) is 51.6. The van der Waals surface area contributed by atoms with Crippen molar-refractivity contribution in [1.82, 2.24) is 24.5 Å². The number of likely N-dealkylation sites (N-methyl/N-ethyl adjacent to an activating group) is 1. The van der Waals surface area contributed by atoms with E-state index in [1.165, 1.54) is 355 Å². The van der Waals surface area contributed by atoms with Crippen LogP contribution >= 0.6 is 0 Å². The Labute approximate surface area is 412 Å². The zero-order valence-electron chi connectivity index (χ0n) is 46.1. The molecule has 65 heavy (non-hydrogen) atoms. The summed E-state index contributed by atoms with van der Waals surface area (Å²) in [5.41, 5.74) is 0. The van der Waals surface area contributed by atoms with Gasteiger partial charge in [0.2, 0.25) is 0 Å². The number of nitrogens with zero attached hydrogens (tertiary/aromatic N) is 5. The third-order valence-corrected chi connectivity index (χ3v) is 15.4. The van der Waals surface area contributed by atoms with E-state index in [1.54, 1.807) is 0 Å². The average molecular weight is 917 g/mol. The van der Waals surface area contributed by atoms with Gasteiger partial charge >= 0.3 is 0 Å². The molecule has 0 spiro atoms. The van der Waals surface area contributed by atoms with E-state index in [2.05, 4.69) is 59.1 Å². The van der Waals surface area contributed by atoms with Gasteiger partial charge in [-0.2, -0.15) is 0 Å². The van der Waals surface area contributed by atoms with Gasteiger partial charge in [-0.05, 0) is 77.9 Å². The molecule has 1 rings (SSSR count). The Balaban J connectivity index is 2.49. The van der Waals surface area contributed by atoms with Crippen molar-refractivity contribution in [2.24, 2.45) is 0 Å². The Morgan fingerprint density at radius 2 is 0.462 bits per heavy atom. The highest BCUT2D eigenvalue weighted by atomic mass is 15.3. The van der Waals surface area contributed by atoms with Gasteiger partial charge in [-0.3, -0.25) is 0 Å². The van der Waals surface area contributed by atoms with Crippen molar-refractivity contribution in [2.45, 2.75) is 291 Å². The molecule has 1 heterocycles. The first-order valence-corrected chi connectivity index (χ1v) is 30.8. The smallest absolute Gasteiger partial charge is 0.0110 e. The van der Waals surface area contributed by atoms with Crippen LogP contribution < -0.4 is 0 Å². The molecule has 0 atom stereocenters. The molecule has 0 saturated carbocycles. The maximum atomic E-state index is 2.88. The molecule has 0 aliphatic carbocycles. The van der Waals surface area contributed by atoms with E-state index in [1.807, 2.05) is 0 Å². The lowest BCUT2D eigenvalue weighted by atomic mass is 10.1. The second-order valence-electron chi connectivity index (χ2n) is 21.5. The predicted molar refractivity (Wildman–Crippen MR) is 295 cm³/mol. The molecular weight excluding hydrogens is 791 g/mol. The first-order chi connectivity index (χ1) is 32.2. The minimum Gasteiger partial charge on any atom is -0.302 e. The molecule has 1 aliphatic heterocycles. The summed E-state index contributed by atoms with van der Waals surface area (Å²) in [6, 6.07) is 0. The zero-order valence-corrected chi connectivity index (χ0v) is 46.1. The van der Waals surface area contributed by atoms with E-state index >= 15 is 0 Å². The van der Waals surface area contributed by atoms with E-state index < -0.39 is 0 Å². The zero-order chi connectivity index (χ0) is 46.8. The number of hydrogen-bond acceptors (Lipinski definition) is 5. The topological polar surface area (TPSA) is 16.2 Å². The minimum absolute atomic E-state index is 1.19. The second-order valence-corrected chi connectivity index (χ2v) is 21.5. The van der Waals surface area contributed by atoms with Crippen LogP contribution in [0.2, 0.25) is 0 Å². The van der Waals surface area contributed by atoms with E-state index in [-0.39, 0.29) is 0 Å². The average Bonchev–Trinajstić information content (AvgIpc) is 3.56. The van der Waals surface area contributed by atoms with Gasteiger partial charge in [0.25, 0.3) is 0 Å². The van der Waals surface area contributed by atoms with Crippen molar-refractivity contribution >= 4 is 0 Å². The van der Waals surface area contributed by atoms with Crippen molar-refractivity contribution in [2.75, 3.05) is 98.2 Å². The Morgan fingerprint density at radius 3 is 0.738 bits per heavy atom. The highest BCUT2D eigenvalue weighted by molar-refractivity contribution is 4.74. The Bertz CT molecular complexity index is 860. The molecule has 1 fully saturated rings. The van der Waals surface area contributed by atoms with Crippen LogP contribution in [0.5, 0.6) is 0 Å². The Morgan fingerprint density at radius 1 is 0.231 bits per heavy atom. The molecule has 0 bridgehead atoms. The molecule has 0 aromatic rings. The van der Waals surface area contributed by atoms with E-state index in [4.69, 9.17) is 0 Å². The van der Waals surface area contributed by atoms with E-state index in [0.29, 0.717) is 0 Å². The molecule has 0 N–H and O–H groups in total. The molecule has 0 aromatic carbocycles. The largest absolute Gasteiger partial charge is 0.302 e. The summed E-state index contributed by atoms with van der Waals surface area (Å²) in [5.74, 6) is 0. The summed E-state index contributed by atoms with van der Waals surface area (Å²) in [4.78, 5) is 14.2. The normalized spacial score (nSPS) is 14.2. The fourth-order valence-corrected chi connectivity index (χ4v) is 10.5. The lowest BCUT2D eigenvalue weighted by Gasteiger charge is -2.29. The van der Waals surface area contributed by atoms with Crippen LogP contribution in [0.1, 0.15) is 291 Å². The van der Waals surface area contributed by atoms with Gasteiger partial charge < -0.3 is 24.5 Å². The Hall–Kier alpha value is -0.200. The monoisotopic (exact) mass is 916 g/mol. The predicted octanol–water partition coefficient (Wildman–Crippen LogP) is 17.2. The van der Waals surface area contributed by atoms with Crippen molar-refractivity contribution in [3.8, 4) is 0 Å². The lowest BCUT2D eigenvalue weighted by molar-refractivity contribution is 0.174. The number of unbranched alkanes of at least 4 members (excludes halogenated alkanes) is 35. The summed E-state index contributed by atoms with van der Waals surface area (Å²) in [6.07, 6.45) is 57.4. The van der Waals surface area contributed by atoms with Crippen LogP contribution in [0, 0.1) is 0 Å². The first-order valence-electron chi connectivity index (χ1n) is 30.8. The molecule has 0 aromatic heterocycles. The standard InChI is InChI=1S/C60H125N5/c1-6-11-15-19-23-27-31-35-39-43-48-62(47-42-38-34-30-26-22-18-14-9-4)55-53-61(10-5)54-56-64-51-46-52-65(60-59-64)58-57-63(49-44-40-36-32-28-24-20-16-12-7-2)50-45-41-37-33-29-25-21-17-13-8-3/h6-60H2,1-5H3. The third kappa shape index (κ3) is 43.6. The fourth-order valence-electron chi connectivity index (χ4n) is 10.5. The van der Waals surface area contributed by atoms with Crippen molar-refractivity contribution in [3.05, 3.63) is 0 Å². The molecule has 5 nitrogen and oxygen atoms in total. The van der Waals surface area contributed by atoms with Crippen molar-refractivity contribution in [3.63, 3.8) is 0 Å². The van der Waals surface area contributed by atoms with Crippen LogP contribution in [0.25, 0.3) is 0 Å². The number of hydrogen-bond donors (Lipinski definition) is 0. The highest BCUT2D eigenvalue weighted by Gasteiger charge is 2.17. The Kier molecular flexibility index (Phi) is 49.9. The van der Waals surface area contributed by atoms with Gasteiger partial charge in [-0.1, -0.05) is 259 Å². The highest BCUT2D eigenvalue weighted by Crippen LogP contribution is 2.16. The summed E-state index contributed by atoms with van der Waals surface area (Å²) in [7, 11) is 0.